The zero-order chi connectivity index (χ0) is 11.4. The molecule has 1 aliphatic rings. The molecule has 1 aromatic rings. The second-order valence-electron chi connectivity index (χ2n) is 4.36. The number of anilines is 1. The maximum Gasteiger partial charge on any atom is 0.123 e. The van der Waals surface area contributed by atoms with Crippen LogP contribution in [0.5, 0.6) is 0 Å². The van der Waals surface area contributed by atoms with Gasteiger partial charge in [0.05, 0.1) is 12.3 Å². The van der Waals surface area contributed by atoms with E-state index in [4.69, 9.17) is 5.73 Å². The molecule has 1 atom stereocenters. The maximum absolute atomic E-state index is 9.31. The monoisotopic (exact) mass is 221 g/mol. The highest BCUT2D eigenvalue weighted by Crippen LogP contribution is 2.18. The Morgan fingerprint density at radius 3 is 3.06 bits per heavy atom. The number of rotatable bonds is 3. The van der Waals surface area contributed by atoms with Gasteiger partial charge in [0, 0.05) is 12.6 Å². The number of nitrogen functional groups attached to an aromatic ring is 1. The smallest absolute Gasteiger partial charge is 0.123 e. The number of nitrogens with two attached hydrogens (primary N) is 1. The van der Waals surface area contributed by atoms with Gasteiger partial charge < -0.3 is 10.8 Å². The normalized spacial score (nSPS) is 22.2. The van der Waals surface area contributed by atoms with E-state index >= 15 is 0 Å². The van der Waals surface area contributed by atoms with E-state index in [1.807, 2.05) is 12.1 Å². The first-order valence-corrected chi connectivity index (χ1v) is 5.86. The first-order valence-electron chi connectivity index (χ1n) is 5.86. The molecule has 88 valence electrons. The van der Waals surface area contributed by atoms with Gasteiger partial charge in [-0.3, -0.25) is 4.90 Å². The number of aliphatic hydroxyl groups is 1. The van der Waals surface area contributed by atoms with Crippen molar-refractivity contribution in [1.29, 1.82) is 0 Å². The second kappa shape index (κ2) is 5.27. The van der Waals surface area contributed by atoms with Crippen molar-refractivity contribution >= 4 is 5.82 Å². The molecule has 0 aromatic carbocycles. The van der Waals surface area contributed by atoms with Crippen LogP contribution in [-0.4, -0.2) is 34.2 Å². The van der Waals surface area contributed by atoms with Crippen molar-refractivity contribution in [3.05, 3.63) is 23.9 Å². The Hall–Kier alpha value is -1.13. The Kier molecular flexibility index (Phi) is 3.74. The van der Waals surface area contributed by atoms with Gasteiger partial charge in [-0.1, -0.05) is 12.5 Å². The predicted octanol–water partition coefficient (Wildman–Crippen LogP) is 1.01. The van der Waals surface area contributed by atoms with Gasteiger partial charge in [-0.2, -0.15) is 0 Å². The molecule has 0 bridgehead atoms. The fraction of sp³-hybridized carbons (Fsp3) is 0.583. The topological polar surface area (TPSA) is 62.4 Å². The highest BCUT2D eigenvalue weighted by molar-refractivity contribution is 5.28. The highest BCUT2D eigenvalue weighted by atomic mass is 16.3. The van der Waals surface area contributed by atoms with Gasteiger partial charge in [-0.15, -0.1) is 0 Å². The van der Waals surface area contributed by atoms with Crippen LogP contribution in [0.15, 0.2) is 18.2 Å². The van der Waals surface area contributed by atoms with Crippen molar-refractivity contribution in [3.8, 4) is 0 Å². The summed E-state index contributed by atoms with van der Waals surface area (Å²) in [5.41, 5.74) is 6.64. The number of hydrogen-bond acceptors (Lipinski definition) is 4. The van der Waals surface area contributed by atoms with Crippen LogP contribution in [0.3, 0.4) is 0 Å². The highest BCUT2D eigenvalue weighted by Gasteiger charge is 2.21. The Balaban J connectivity index is 2.02. The molecule has 0 spiro atoms. The van der Waals surface area contributed by atoms with Gasteiger partial charge >= 0.3 is 0 Å². The first-order chi connectivity index (χ1) is 7.79. The Bertz CT molecular complexity index is 343. The molecule has 2 heterocycles. The first kappa shape index (κ1) is 11.4. The van der Waals surface area contributed by atoms with E-state index in [0.29, 0.717) is 5.82 Å². The molecule has 0 saturated carbocycles. The molecule has 0 radical (unpaired) electrons. The van der Waals surface area contributed by atoms with Crippen molar-refractivity contribution in [1.82, 2.24) is 9.88 Å². The van der Waals surface area contributed by atoms with Crippen molar-refractivity contribution in [2.45, 2.75) is 31.8 Å². The van der Waals surface area contributed by atoms with Crippen LogP contribution in [0.2, 0.25) is 0 Å². The van der Waals surface area contributed by atoms with Gasteiger partial charge in [0.2, 0.25) is 0 Å². The molecule has 1 fully saturated rings. The van der Waals surface area contributed by atoms with Crippen molar-refractivity contribution in [2.24, 2.45) is 0 Å². The summed E-state index contributed by atoms with van der Waals surface area (Å²) in [4.78, 5) is 6.59. The molecule has 2 rings (SSSR count). The van der Waals surface area contributed by atoms with E-state index in [1.54, 1.807) is 6.07 Å². The molecule has 1 aliphatic heterocycles. The number of piperidine rings is 1. The predicted molar refractivity (Wildman–Crippen MR) is 63.8 cm³/mol. The van der Waals surface area contributed by atoms with Gasteiger partial charge in [-0.25, -0.2) is 4.98 Å². The number of aliphatic hydroxyl groups excluding tert-OH is 1. The molecule has 4 heteroatoms. The number of nitrogens with zero attached hydrogens (tertiary/aromatic N) is 2. The van der Waals surface area contributed by atoms with Gasteiger partial charge in [0.1, 0.15) is 5.82 Å². The van der Waals surface area contributed by atoms with Crippen LogP contribution >= 0.6 is 0 Å². The summed E-state index contributed by atoms with van der Waals surface area (Å²) in [5, 5.41) is 9.31. The van der Waals surface area contributed by atoms with Crippen LogP contribution in [-0.2, 0) is 6.54 Å². The maximum atomic E-state index is 9.31. The van der Waals surface area contributed by atoms with Crippen molar-refractivity contribution in [2.75, 3.05) is 18.9 Å². The zero-order valence-corrected chi connectivity index (χ0v) is 9.47. The third-order valence-corrected chi connectivity index (χ3v) is 3.15. The zero-order valence-electron chi connectivity index (χ0n) is 9.47. The number of hydrogen-bond donors (Lipinski definition) is 2. The largest absolute Gasteiger partial charge is 0.395 e. The molecule has 4 nitrogen and oxygen atoms in total. The molecule has 1 unspecified atom stereocenters. The van der Waals surface area contributed by atoms with E-state index in [0.717, 1.165) is 25.2 Å². The van der Waals surface area contributed by atoms with Gasteiger partial charge in [0.25, 0.3) is 0 Å². The molecule has 0 amide bonds. The van der Waals surface area contributed by atoms with Crippen molar-refractivity contribution < 1.29 is 5.11 Å². The average molecular weight is 221 g/mol. The van der Waals surface area contributed by atoms with Crippen LogP contribution in [0.1, 0.15) is 25.0 Å². The molecule has 16 heavy (non-hydrogen) atoms. The molecular formula is C12H19N3O. The summed E-state index contributed by atoms with van der Waals surface area (Å²) in [7, 11) is 0. The number of aromatic nitrogens is 1. The van der Waals surface area contributed by atoms with E-state index in [9.17, 15) is 5.11 Å². The Morgan fingerprint density at radius 2 is 2.31 bits per heavy atom. The minimum absolute atomic E-state index is 0.238. The number of pyridine rings is 1. The van der Waals surface area contributed by atoms with Gasteiger partial charge in [0.15, 0.2) is 0 Å². The summed E-state index contributed by atoms with van der Waals surface area (Å²) >= 11 is 0. The van der Waals surface area contributed by atoms with Crippen molar-refractivity contribution in [3.63, 3.8) is 0 Å². The summed E-state index contributed by atoms with van der Waals surface area (Å²) in [5.74, 6) is 0.565. The summed E-state index contributed by atoms with van der Waals surface area (Å²) in [6.07, 6.45) is 3.50. The average Bonchev–Trinajstić information content (AvgIpc) is 2.30. The summed E-state index contributed by atoms with van der Waals surface area (Å²) in [6.45, 7) is 2.07. The van der Waals surface area contributed by atoms with E-state index in [1.165, 1.54) is 12.8 Å². The number of likely N-dealkylation sites (tertiary alicyclic amines) is 1. The lowest BCUT2D eigenvalue weighted by atomic mass is 10.0. The molecule has 0 aliphatic carbocycles. The minimum Gasteiger partial charge on any atom is -0.395 e. The summed E-state index contributed by atoms with van der Waals surface area (Å²) < 4.78 is 0. The Labute approximate surface area is 96.1 Å². The van der Waals surface area contributed by atoms with E-state index < -0.39 is 0 Å². The SMILES string of the molecule is Nc1cccc(CN2CCCCC2CO)n1. The third-order valence-electron chi connectivity index (χ3n) is 3.15. The fourth-order valence-corrected chi connectivity index (χ4v) is 2.27. The van der Waals surface area contributed by atoms with E-state index in [2.05, 4.69) is 9.88 Å². The van der Waals surface area contributed by atoms with E-state index in [-0.39, 0.29) is 12.6 Å². The minimum atomic E-state index is 0.238. The Morgan fingerprint density at radius 1 is 1.44 bits per heavy atom. The third kappa shape index (κ3) is 2.71. The molecular weight excluding hydrogens is 202 g/mol. The molecule has 3 N–H and O–H groups in total. The standard InChI is InChI=1S/C12H19N3O/c13-12-6-3-4-10(14-12)8-15-7-2-1-5-11(15)9-16/h3-4,6,11,16H,1-2,5,7-9H2,(H2,13,14). The van der Waals surface area contributed by atoms with Crippen LogP contribution in [0, 0.1) is 0 Å². The fourth-order valence-electron chi connectivity index (χ4n) is 2.27. The molecule has 1 aromatic heterocycles. The summed E-state index contributed by atoms with van der Waals surface area (Å²) in [6, 6.07) is 6.00. The lowest BCUT2D eigenvalue weighted by Crippen LogP contribution is -2.41. The quantitative estimate of drug-likeness (QED) is 0.799. The lowest BCUT2D eigenvalue weighted by molar-refractivity contribution is 0.0831. The lowest BCUT2D eigenvalue weighted by Gasteiger charge is -2.34. The molecule has 1 saturated heterocycles. The van der Waals surface area contributed by atoms with Crippen LogP contribution in [0.4, 0.5) is 5.82 Å². The van der Waals surface area contributed by atoms with Gasteiger partial charge in [-0.05, 0) is 31.5 Å². The van der Waals surface area contributed by atoms with Crippen LogP contribution in [0.25, 0.3) is 0 Å². The second-order valence-corrected chi connectivity index (χ2v) is 4.36. The van der Waals surface area contributed by atoms with Crippen LogP contribution < -0.4 is 5.73 Å².